The summed E-state index contributed by atoms with van der Waals surface area (Å²) in [6, 6.07) is 20.0. The van der Waals surface area contributed by atoms with Gasteiger partial charge in [-0.3, -0.25) is 5.43 Å². The number of ether oxygens (including phenoxy) is 2. The lowest BCUT2D eigenvalue weighted by Gasteiger charge is -2.14. The van der Waals surface area contributed by atoms with E-state index in [0.717, 1.165) is 16.5 Å². The minimum absolute atomic E-state index is 0.0994. The third-order valence-electron chi connectivity index (χ3n) is 3.86. The molecule has 0 fully saturated rings. The number of hydrogen-bond donors (Lipinski definition) is 2. The summed E-state index contributed by atoms with van der Waals surface area (Å²) in [4.78, 5) is 0. The molecule has 0 saturated heterocycles. The molecule has 0 aliphatic heterocycles. The van der Waals surface area contributed by atoms with Crippen molar-refractivity contribution in [3.05, 3.63) is 71.8 Å². The molecule has 6 heteroatoms. The molecule has 132 valence electrons. The quantitative estimate of drug-likeness (QED) is 0.397. The van der Waals surface area contributed by atoms with Crippen LogP contribution in [0.3, 0.4) is 0 Å². The lowest BCUT2D eigenvalue weighted by molar-refractivity contribution is 0.285. The predicted octanol–water partition coefficient (Wildman–Crippen LogP) is 3.59. The number of thiocarbonyl (C=S) groups is 1. The van der Waals surface area contributed by atoms with Gasteiger partial charge in [0, 0.05) is 5.56 Å². The molecule has 0 radical (unpaired) electrons. The average molecular weight is 365 g/mol. The molecule has 0 spiro atoms. The highest BCUT2D eigenvalue weighted by atomic mass is 32.1. The Labute approximate surface area is 157 Å². The molecule has 3 aromatic rings. The number of nitrogens with two attached hydrogens (primary N) is 1. The zero-order chi connectivity index (χ0) is 18.4. The molecular weight excluding hydrogens is 346 g/mol. The van der Waals surface area contributed by atoms with Crippen LogP contribution in [-0.2, 0) is 6.61 Å². The Hall–Kier alpha value is -3.12. The van der Waals surface area contributed by atoms with E-state index < -0.39 is 0 Å². The van der Waals surface area contributed by atoms with Crippen molar-refractivity contribution in [3.63, 3.8) is 0 Å². The summed E-state index contributed by atoms with van der Waals surface area (Å²) in [5.41, 5.74) is 9.78. The van der Waals surface area contributed by atoms with Gasteiger partial charge in [-0.25, -0.2) is 0 Å². The van der Waals surface area contributed by atoms with Crippen LogP contribution >= 0.6 is 12.2 Å². The molecule has 0 heterocycles. The molecule has 0 unspecified atom stereocenters. The van der Waals surface area contributed by atoms with Gasteiger partial charge in [0.05, 0.1) is 13.3 Å². The van der Waals surface area contributed by atoms with Gasteiger partial charge in [0.25, 0.3) is 0 Å². The van der Waals surface area contributed by atoms with Crippen molar-refractivity contribution in [2.45, 2.75) is 6.61 Å². The minimum atomic E-state index is 0.0994. The summed E-state index contributed by atoms with van der Waals surface area (Å²) in [7, 11) is 1.61. The fraction of sp³-hybridized carbons (Fsp3) is 0.100. The molecule has 3 aromatic carbocycles. The third kappa shape index (κ3) is 4.10. The summed E-state index contributed by atoms with van der Waals surface area (Å²) in [6.45, 7) is 0.408. The number of nitrogens with zero attached hydrogens (tertiary/aromatic N) is 1. The number of benzene rings is 3. The van der Waals surface area contributed by atoms with Crippen LogP contribution in [0.1, 0.15) is 11.1 Å². The molecule has 0 saturated carbocycles. The number of para-hydroxylation sites is 1. The average Bonchev–Trinajstić information content (AvgIpc) is 2.66. The standard InChI is InChI=1S/C20H19N3O2S/c1-24-18-11-5-8-15(12-22-23-20(21)26)19(18)25-13-16-9-4-7-14-6-2-3-10-17(14)16/h2-12H,13H2,1H3,(H3,21,23,26). The van der Waals surface area contributed by atoms with Crippen molar-refractivity contribution in [3.8, 4) is 11.5 Å². The number of rotatable bonds is 6. The van der Waals surface area contributed by atoms with Gasteiger partial charge in [-0.1, -0.05) is 48.5 Å². The van der Waals surface area contributed by atoms with E-state index in [-0.39, 0.29) is 5.11 Å². The normalized spacial score (nSPS) is 10.8. The van der Waals surface area contributed by atoms with Gasteiger partial charge in [0.2, 0.25) is 0 Å². The predicted molar refractivity (Wildman–Crippen MR) is 109 cm³/mol. The Morgan fingerprint density at radius 1 is 1.12 bits per heavy atom. The van der Waals surface area contributed by atoms with Gasteiger partial charge < -0.3 is 15.2 Å². The molecule has 0 aromatic heterocycles. The Kier molecular flexibility index (Phi) is 5.66. The Bertz CT molecular complexity index is 951. The van der Waals surface area contributed by atoms with Crippen LogP contribution in [0.25, 0.3) is 10.8 Å². The molecule has 0 atom stereocenters. The number of hydrogen-bond acceptors (Lipinski definition) is 4. The first-order valence-corrected chi connectivity index (χ1v) is 8.45. The highest BCUT2D eigenvalue weighted by Crippen LogP contribution is 2.31. The zero-order valence-electron chi connectivity index (χ0n) is 14.3. The highest BCUT2D eigenvalue weighted by molar-refractivity contribution is 7.80. The second-order valence-electron chi connectivity index (χ2n) is 5.54. The molecule has 26 heavy (non-hydrogen) atoms. The van der Waals surface area contributed by atoms with Crippen LogP contribution in [0.15, 0.2) is 65.8 Å². The van der Waals surface area contributed by atoms with Crippen molar-refractivity contribution < 1.29 is 9.47 Å². The van der Waals surface area contributed by atoms with Gasteiger partial charge >= 0.3 is 0 Å². The molecule has 0 amide bonds. The van der Waals surface area contributed by atoms with Crippen molar-refractivity contribution in [2.75, 3.05) is 7.11 Å². The first-order valence-electron chi connectivity index (χ1n) is 8.04. The Morgan fingerprint density at radius 3 is 2.69 bits per heavy atom. The van der Waals surface area contributed by atoms with Crippen LogP contribution in [0.4, 0.5) is 0 Å². The second-order valence-corrected chi connectivity index (χ2v) is 5.98. The van der Waals surface area contributed by atoms with E-state index >= 15 is 0 Å². The first kappa shape index (κ1) is 17.7. The molecule has 3 rings (SSSR count). The second kappa shape index (κ2) is 8.31. The van der Waals surface area contributed by atoms with Gasteiger partial charge in [0.1, 0.15) is 6.61 Å². The summed E-state index contributed by atoms with van der Waals surface area (Å²) in [5, 5.41) is 6.44. The third-order valence-corrected chi connectivity index (χ3v) is 3.95. The molecular formula is C20H19N3O2S. The lowest BCUT2D eigenvalue weighted by atomic mass is 10.1. The molecule has 3 N–H and O–H groups in total. The maximum atomic E-state index is 6.10. The van der Waals surface area contributed by atoms with E-state index in [4.69, 9.17) is 27.4 Å². The summed E-state index contributed by atoms with van der Waals surface area (Å²) in [6.07, 6.45) is 1.60. The van der Waals surface area contributed by atoms with Gasteiger partial charge in [-0.05, 0) is 40.7 Å². The van der Waals surface area contributed by atoms with E-state index in [1.807, 2.05) is 36.4 Å². The highest BCUT2D eigenvalue weighted by Gasteiger charge is 2.10. The maximum absolute atomic E-state index is 6.10. The van der Waals surface area contributed by atoms with Gasteiger partial charge in [0.15, 0.2) is 16.6 Å². The number of hydrazone groups is 1. The van der Waals surface area contributed by atoms with Gasteiger partial charge in [-0.15, -0.1) is 0 Å². The minimum Gasteiger partial charge on any atom is -0.493 e. The molecule has 0 aliphatic carbocycles. The van der Waals surface area contributed by atoms with E-state index in [0.29, 0.717) is 18.1 Å². The number of methoxy groups -OCH3 is 1. The smallest absolute Gasteiger partial charge is 0.184 e. The van der Waals surface area contributed by atoms with E-state index in [1.54, 1.807) is 13.3 Å². The van der Waals surface area contributed by atoms with E-state index in [1.165, 1.54) is 5.39 Å². The van der Waals surface area contributed by atoms with Crippen LogP contribution in [0.5, 0.6) is 11.5 Å². The maximum Gasteiger partial charge on any atom is 0.184 e. The monoisotopic (exact) mass is 365 g/mol. The molecule has 0 bridgehead atoms. The van der Waals surface area contributed by atoms with Crippen molar-refractivity contribution in [1.29, 1.82) is 0 Å². The Balaban J connectivity index is 1.88. The largest absolute Gasteiger partial charge is 0.493 e. The molecule has 5 nitrogen and oxygen atoms in total. The van der Waals surface area contributed by atoms with E-state index in [2.05, 4.69) is 34.8 Å². The number of nitrogens with one attached hydrogen (secondary N) is 1. The van der Waals surface area contributed by atoms with Crippen molar-refractivity contribution >= 4 is 34.3 Å². The van der Waals surface area contributed by atoms with E-state index in [9.17, 15) is 0 Å². The van der Waals surface area contributed by atoms with Gasteiger partial charge in [-0.2, -0.15) is 5.10 Å². The van der Waals surface area contributed by atoms with Crippen LogP contribution < -0.4 is 20.6 Å². The number of fused-ring (bicyclic) bond motifs is 1. The van der Waals surface area contributed by atoms with Crippen LogP contribution in [0.2, 0.25) is 0 Å². The summed E-state index contributed by atoms with van der Waals surface area (Å²) < 4.78 is 11.5. The Morgan fingerprint density at radius 2 is 1.88 bits per heavy atom. The topological polar surface area (TPSA) is 68.9 Å². The summed E-state index contributed by atoms with van der Waals surface area (Å²) >= 11 is 4.75. The SMILES string of the molecule is COc1cccc(C=NNC(N)=S)c1OCc1cccc2ccccc12. The lowest BCUT2D eigenvalue weighted by Crippen LogP contribution is -2.24. The van der Waals surface area contributed by atoms with Crippen LogP contribution in [0, 0.1) is 0 Å². The fourth-order valence-electron chi connectivity index (χ4n) is 2.68. The van der Waals surface area contributed by atoms with Crippen molar-refractivity contribution in [1.82, 2.24) is 5.43 Å². The van der Waals surface area contributed by atoms with Crippen LogP contribution in [-0.4, -0.2) is 18.4 Å². The fourth-order valence-corrected chi connectivity index (χ4v) is 2.74. The van der Waals surface area contributed by atoms with Crippen molar-refractivity contribution in [2.24, 2.45) is 10.8 Å². The summed E-state index contributed by atoms with van der Waals surface area (Å²) in [5.74, 6) is 1.24. The molecule has 0 aliphatic rings. The zero-order valence-corrected chi connectivity index (χ0v) is 15.1. The first-order chi connectivity index (χ1) is 12.7.